The maximum atomic E-state index is 13.4. The molecule has 2 rings (SSSR count). The molecule has 0 fully saturated rings. The SMILES string of the molecule is Nc1nc2cc(I)c(F)cc2n1CC(F)(F)C(F)F. The number of nitrogens with two attached hydrogens (primary N) is 1. The number of rotatable bonds is 3. The van der Waals surface area contributed by atoms with E-state index in [9.17, 15) is 22.0 Å². The van der Waals surface area contributed by atoms with Gasteiger partial charge in [-0.1, -0.05) is 0 Å². The first-order chi connectivity index (χ1) is 8.72. The van der Waals surface area contributed by atoms with Crippen LogP contribution in [0.2, 0.25) is 0 Å². The van der Waals surface area contributed by atoms with Crippen molar-refractivity contribution in [3.63, 3.8) is 0 Å². The molecule has 1 aromatic carbocycles. The molecule has 1 heterocycles. The van der Waals surface area contributed by atoms with Gasteiger partial charge >= 0.3 is 12.3 Å². The van der Waals surface area contributed by atoms with Crippen LogP contribution < -0.4 is 5.73 Å². The average molecular weight is 391 g/mol. The van der Waals surface area contributed by atoms with Crippen molar-refractivity contribution in [1.29, 1.82) is 0 Å². The van der Waals surface area contributed by atoms with Crippen molar-refractivity contribution >= 4 is 39.6 Å². The normalized spacial score (nSPS) is 12.6. The number of imidazole rings is 1. The van der Waals surface area contributed by atoms with Crippen LogP contribution in [0.1, 0.15) is 0 Å². The molecule has 0 amide bonds. The van der Waals surface area contributed by atoms with Gasteiger partial charge in [-0.15, -0.1) is 0 Å². The Morgan fingerprint density at radius 1 is 1.37 bits per heavy atom. The number of nitrogens with zero attached hydrogens (tertiary/aromatic N) is 2. The summed E-state index contributed by atoms with van der Waals surface area (Å²) in [6, 6.07) is 2.25. The number of alkyl halides is 4. The van der Waals surface area contributed by atoms with Crippen molar-refractivity contribution in [2.45, 2.75) is 18.9 Å². The summed E-state index contributed by atoms with van der Waals surface area (Å²) in [5.41, 5.74) is 5.54. The summed E-state index contributed by atoms with van der Waals surface area (Å²) in [6.45, 7) is -1.35. The van der Waals surface area contributed by atoms with E-state index < -0.39 is 24.7 Å². The van der Waals surface area contributed by atoms with Crippen LogP contribution in [0.4, 0.5) is 27.9 Å². The first-order valence-electron chi connectivity index (χ1n) is 4.99. The van der Waals surface area contributed by atoms with Gasteiger partial charge in [0.05, 0.1) is 21.1 Å². The second-order valence-corrected chi connectivity index (χ2v) is 5.04. The van der Waals surface area contributed by atoms with E-state index >= 15 is 0 Å². The smallest absolute Gasteiger partial charge is 0.324 e. The molecule has 0 aliphatic carbocycles. The fraction of sp³-hybridized carbons (Fsp3) is 0.300. The quantitative estimate of drug-likeness (QED) is 0.645. The van der Waals surface area contributed by atoms with Gasteiger partial charge in [0.15, 0.2) is 0 Å². The second kappa shape index (κ2) is 4.76. The largest absolute Gasteiger partial charge is 0.369 e. The fourth-order valence-electron chi connectivity index (χ4n) is 1.58. The van der Waals surface area contributed by atoms with E-state index in [4.69, 9.17) is 5.73 Å². The van der Waals surface area contributed by atoms with Gasteiger partial charge in [-0.05, 0) is 28.7 Å². The van der Waals surface area contributed by atoms with E-state index in [2.05, 4.69) is 4.98 Å². The van der Waals surface area contributed by atoms with Crippen molar-refractivity contribution in [2.24, 2.45) is 0 Å². The summed E-state index contributed by atoms with van der Waals surface area (Å²) in [4.78, 5) is 3.75. The minimum Gasteiger partial charge on any atom is -0.369 e. The van der Waals surface area contributed by atoms with Crippen LogP contribution in [0, 0.1) is 9.39 Å². The minimum atomic E-state index is -4.26. The van der Waals surface area contributed by atoms with Crippen molar-refractivity contribution < 1.29 is 22.0 Å². The lowest BCUT2D eigenvalue weighted by molar-refractivity contribution is -0.136. The molecule has 1 aromatic heterocycles. The summed E-state index contributed by atoms with van der Waals surface area (Å²) < 4.78 is 64.8. The number of hydrogen-bond donors (Lipinski definition) is 1. The van der Waals surface area contributed by atoms with E-state index in [0.717, 1.165) is 6.07 Å². The maximum absolute atomic E-state index is 13.4. The fourth-order valence-corrected chi connectivity index (χ4v) is 2.04. The van der Waals surface area contributed by atoms with Gasteiger partial charge < -0.3 is 10.3 Å². The third-order valence-corrected chi connectivity index (χ3v) is 3.33. The Hall–Kier alpha value is -1.13. The topological polar surface area (TPSA) is 43.8 Å². The summed E-state index contributed by atoms with van der Waals surface area (Å²) in [7, 11) is 0. The zero-order valence-electron chi connectivity index (χ0n) is 9.18. The van der Waals surface area contributed by atoms with Crippen molar-refractivity contribution in [1.82, 2.24) is 9.55 Å². The highest BCUT2D eigenvalue weighted by molar-refractivity contribution is 14.1. The lowest BCUT2D eigenvalue weighted by Crippen LogP contribution is -2.32. The molecule has 0 atom stereocenters. The summed E-state index contributed by atoms with van der Waals surface area (Å²) >= 11 is 1.70. The highest BCUT2D eigenvalue weighted by atomic mass is 127. The minimum absolute atomic E-state index is 0.0456. The van der Waals surface area contributed by atoms with E-state index in [0.29, 0.717) is 4.57 Å². The Kier molecular flexibility index (Phi) is 3.58. The number of benzene rings is 1. The van der Waals surface area contributed by atoms with Gasteiger partial charge in [0.25, 0.3) is 0 Å². The van der Waals surface area contributed by atoms with Crippen LogP contribution in [-0.4, -0.2) is 21.9 Å². The van der Waals surface area contributed by atoms with Crippen LogP contribution in [0.15, 0.2) is 12.1 Å². The van der Waals surface area contributed by atoms with Crippen LogP contribution in [-0.2, 0) is 6.54 Å². The number of aromatic nitrogens is 2. The van der Waals surface area contributed by atoms with Crippen LogP contribution in [0.5, 0.6) is 0 Å². The van der Waals surface area contributed by atoms with E-state index in [1.807, 2.05) is 0 Å². The lowest BCUT2D eigenvalue weighted by Gasteiger charge is -2.17. The monoisotopic (exact) mass is 391 g/mol. The maximum Gasteiger partial charge on any atom is 0.324 e. The Balaban J connectivity index is 2.54. The van der Waals surface area contributed by atoms with Gasteiger partial charge in [-0.3, -0.25) is 0 Å². The first kappa shape index (κ1) is 14.3. The van der Waals surface area contributed by atoms with Gasteiger partial charge in [-0.25, -0.2) is 18.2 Å². The van der Waals surface area contributed by atoms with Crippen LogP contribution >= 0.6 is 22.6 Å². The molecule has 0 bridgehead atoms. The highest BCUT2D eigenvalue weighted by Gasteiger charge is 2.41. The molecule has 2 aromatic rings. The Morgan fingerprint density at radius 3 is 2.58 bits per heavy atom. The van der Waals surface area contributed by atoms with E-state index in [1.54, 1.807) is 22.6 Å². The molecule has 0 spiro atoms. The number of nitrogen functional groups attached to an aromatic ring is 1. The van der Waals surface area contributed by atoms with Crippen molar-refractivity contribution in [2.75, 3.05) is 5.73 Å². The number of fused-ring (bicyclic) bond motifs is 1. The number of halogens is 6. The Morgan fingerprint density at radius 2 is 2.00 bits per heavy atom. The average Bonchev–Trinajstić information content (AvgIpc) is 2.56. The summed E-state index contributed by atoms with van der Waals surface area (Å²) in [6.07, 6.45) is -3.84. The first-order valence-corrected chi connectivity index (χ1v) is 6.07. The Labute approximate surface area is 117 Å². The predicted octanol–water partition coefficient (Wildman–Crippen LogP) is 3.26. The molecule has 0 radical (unpaired) electrons. The summed E-state index contributed by atoms with van der Waals surface area (Å²) in [5.74, 6) is -5.28. The molecule has 0 saturated heterocycles. The molecule has 0 saturated carbocycles. The third kappa shape index (κ3) is 2.60. The second-order valence-electron chi connectivity index (χ2n) is 3.87. The lowest BCUT2D eigenvalue weighted by atomic mass is 10.3. The van der Waals surface area contributed by atoms with Gasteiger partial charge in [-0.2, -0.15) is 8.78 Å². The molecular weight excluding hydrogens is 384 g/mol. The van der Waals surface area contributed by atoms with E-state index in [1.165, 1.54) is 6.07 Å². The summed E-state index contributed by atoms with van der Waals surface area (Å²) in [5, 5.41) is 0. The molecule has 104 valence electrons. The zero-order valence-corrected chi connectivity index (χ0v) is 11.3. The molecule has 0 unspecified atom stereocenters. The molecule has 9 heteroatoms. The molecule has 19 heavy (non-hydrogen) atoms. The van der Waals surface area contributed by atoms with Gasteiger partial charge in [0.1, 0.15) is 5.82 Å². The highest BCUT2D eigenvalue weighted by Crippen LogP contribution is 2.29. The molecule has 2 N–H and O–H groups in total. The standard InChI is InChI=1S/C10H7F5IN3/c11-4-1-7-6(2-5(4)16)18-9(17)19(7)3-10(14,15)8(12)13/h1-2,8H,3H2,(H2,17,18). The van der Waals surface area contributed by atoms with Gasteiger partial charge in [0, 0.05) is 6.07 Å². The Bertz CT molecular complexity index is 625. The van der Waals surface area contributed by atoms with Gasteiger partial charge in [0.2, 0.25) is 5.95 Å². The number of hydrogen-bond acceptors (Lipinski definition) is 2. The van der Waals surface area contributed by atoms with Crippen LogP contribution in [0.25, 0.3) is 11.0 Å². The van der Waals surface area contributed by atoms with E-state index in [-0.39, 0.29) is 20.6 Å². The molecule has 0 aliphatic rings. The van der Waals surface area contributed by atoms with Crippen molar-refractivity contribution in [3.8, 4) is 0 Å². The molecule has 0 aliphatic heterocycles. The zero-order chi connectivity index (χ0) is 14.4. The predicted molar refractivity (Wildman–Crippen MR) is 67.8 cm³/mol. The van der Waals surface area contributed by atoms with Crippen molar-refractivity contribution in [3.05, 3.63) is 21.5 Å². The number of anilines is 1. The molecular formula is C10H7F5IN3. The molecule has 3 nitrogen and oxygen atoms in total. The third-order valence-electron chi connectivity index (χ3n) is 2.51. The van der Waals surface area contributed by atoms with Crippen LogP contribution in [0.3, 0.4) is 0 Å².